The van der Waals surface area contributed by atoms with E-state index in [-0.39, 0.29) is 0 Å². The molecule has 1 nitrogen and oxygen atoms in total. The fourth-order valence-electron chi connectivity index (χ4n) is 1.91. The molecule has 0 fully saturated rings. The Morgan fingerprint density at radius 1 is 1.12 bits per heavy atom. The Hall–Kier alpha value is -0.720. The van der Waals surface area contributed by atoms with Crippen molar-refractivity contribution < 1.29 is 0 Å². The predicted octanol–water partition coefficient (Wildman–Crippen LogP) is 2.43. The molecule has 2 aromatic rings. The van der Waals surface area contributed by atoms with Crippen LogP contribution in [0.2, 0.25) is 0 Å². The normalized spacial score (nSPS) is 12.8. The van der Waals surface area contributed by atoms with Crippen LogP contribution in [0.25, 0.3) is 23.1 Å². The number of rotatable bonds is 0. The van der Waals surface area contributed by atoms with Gasteiger partial charge in [-0.15, -0.1) is 0 Å². The van der Waals surface area contributed by atoms with Gasteiger partial charge in [-0.05, 0) is 35.6 Å². The van der Waals surface area contributed by atoms with E-state index in [0.717, 1.165) is 0 Å². The highest BCUT2D eigenvalue weighted by atomic mass is 32.1. The summed E-state index contributed by atoms with van der Waals surface area (Å²) < 4.78 is 2.16. The third kappa shape index (κ3) is 2.18. The van der Waals surface area contributed by atoms with Crippen molar-refractivity contribution in [2.45, 2.75) is 13.8 Å². The molecule has 0 amide bonds. The van der Waals surface area contributed by atoms with Gasteiger partial charge in [-0.1, -0.05) is 30.4 Å². The molecular weight excluding hydrogens is 233 g/mol. The molecule has 86 valence electrons. The van der Waals surface area contributed by atoms with Crippen molar-refractivity contribution in [3.05, 3.63) is 34.8 Å². The lowest BCUT2D eigenvalue weighted by Gasteiger charge is -1.93. The first kappa shape index (κ1) is 13.3. The van der Waals surface area contributed by atoms with E-state index < -0.39 is 0 Å². The van der Waals surface area contributed by atoms with Gasteiger partial charge in [0.15, 0.2) is 0 Å². The van der Waals surface area contributed by atoms with Gasteiger partial charge in [0.1, 0.15) is 0 Å². The lowest BCUT2D eigenvalue weighted by Crippen LogP contribution is -2.24. The smallest absolute Gasteiger partial charge is 0.0520 e. The predicted molar refractivity (Wildman–Crippen MR) is 81.5 cm³/mol. The molecule has 0 aliphatic rings. The van der Waals surface area contributed by atoms with Crippen LogP contribution in [0.1, 0.15) is 13.8 Å². The average Bonchev–Trinajstić information content (AvgIpc) is 2.64. The third-order valence-electron chi connectivity index (χ3n) is 2.55. The fourth-order valence-corrected chi connectivity index (χ4v) is 2.42. The Balaban J connectivity index is 0.000000606. The van der Waals surface area contributed by atoms with Crippen molar-refractivity contribution >= 4 is 45.1 Å². The Bertz CT molecular complexity index is 584. The molecule has 2 rings (SSSR count). The van der Waals surface area contributed by atoms with Gasteiger partial charge in [0.2, 0.25) is 0 Å². The van der Waals surface area contributed by atoms with Crippen LogP contribution in [0.4, 0.5) is 0 Å². The third-order valence-corrected chi connectivity index (χ3v) is 3.11. The molecule has 1 heterocycles. The summed E-state index contributed by atoms with van der Waals surface area (Å²) in [5.41, 5.74) is 1.26. The molecule has 0 saturated heterocycles. The first-order chi connectivity index (χ1) is 7.79. The summed E-state index contributed by atoms with van der Waals surface area (Å²) in [7, 11) is 2.76. The van der Waals surface area contributed by atoms with Gasteiger partial charge in [-0.25, -0.2) is 0 Å². The minimum atomic E-state index is 1.26. The Labute approximate surface area is 105 Å². The molecule has 3 heteroatoms. The molecule has 0 spiro atoms. The summed E-state index contributed by atoms with van der Waals surface area (Å²) in [6, 6.07) is 8.46. The molecule has 1 unspecified atom stereocenters. The summed E-state index contributed by atoms with van der Waals surface area (Å²) in [6.07, 6.45) is 6.00. The van der Waals surface area contributed by atoms with E-state index in [2.05, 4.69) is 76.6 Å². The van der Waals surface area contributed by atoms with Crippen molar-refractivity contribution in [1.29, 1.82) is 0 Å². The van der Waals surface area contributed by atoms with E-state index in [4.69, 9.17) is 0 Å². The van der Waals surface area contributed by atoms with Crippen LogP contribution in [-0.4, -0.2) is 10.6 Å². The molecule has 0 N–H and O–H groups in total. The lowest BCUT2D eigenvalue weighted by molar-refractivity contribution is 1.25. The lowest BCUT2D eigenvalue weighted by atomic mass is 10.2. The first-order valence-electron chi connectivity index (χ1n) is 5.21. The summed E-state index contributed by atoms with van der Waals surface area (Å²) in [4.78, 5) is 0. The van der Waals surface area contributed by atoms with E-state index in [1.54, 1.807) is 6.26 Å². The standard InChI is InChI=1S/C12H14NP.CH4S/c1-3-9-10-7-5-6-8-12(10)13(14)11(9)4-2;1-2/h3-8H,14H2,1-2H3;2H,1H3/b9-3-,11-4+;. The minimum absolute atomic E-state index is 1.26. The van der Waals surface area contributed by atoms with Gasteiger partial charge in [0, 0.05) is 16.0 Å². The number of para-hydroxylation sites is 1. The molecule has 0 aliphatic heterocycles. The molecule has 0 bridgehead atoms. The topological polar surface area (TPSA) is 4.93 Å². The number of hydrogen-bond donors (Lipinski definition) is 1. The van der Waals surface area contributed by atoms with Crippen LogP contribution in [0.3, 0.4) is 0 Å². The number of thiol groups is 1. The molecule has 1 aromatic heterocycles. The van der Waals surface area contributed by atoms with Gasteiger partial charge in [-0.2, -0.15) is 12.6 Å². The van der Waals surface area contributed by atoms with E-state index in [0.29, 0.717) is 0 Å². The Morgan fingerprint density at radius 2 is 1.75 bits per heavy atom. The molecule has 0 aliphatic carbocycles. The number of benzene rings is 1. The van der Waals surface area contributed by atoms with E-state index in [1.165, 1.54) is 21.5 Å². The summed E-state index contributed by atoms with van der Waals surface area (Å²) >= 11 is 3.53. The zero-order valence-corrected chi connectivity index (χ0v) is 12.0. The summed E-state index contributed by atoms with van der Waals surface area (Å²) in [6.45, 7) is 4.15. The fraction of sp³-hybridized carbons (Fsp3) is 0.231. The minimum Gasteiger partial charge on any atom is -0.325 e. The van der Waals surface area contributed by atoms with E-state index in [9.17, 15) is 0 Å². The number of aromatic nitrogens is 1. The average molecular weight is 251 g/mol. The number of fused-ring (bicyclic) bond motifs is 1. The van der Waals surface area contributed by atoms with Gasteiger partial charge < -0.3 is 4.34 Å². The van der Waals surface area contributed by atoms with Gasteiger partial charge in [0.05, 0.1) is 5.52 Å². The van der Waals surface area contributed by atoms with Gasteiger partial charge in [-0.3, -0.25) is 0 Å². The first-order valence-corrected chi connectivity index (χ1v) is 6.62. The van der Waals surface area contributed by atoms with Crippen LogP contribution in [0.15, 0.2) is 24.3 Å². The SMILES string of the molecule is C/C=c1\c(=C/C)n(P)c2ccccc12.CS. The van der Waals surface area contributed by atoms with Crippen LogP contribution in [0.5, 0.6) is 0 Å². The van der Waals surface area contributed by atoms with Gasteiger partial charge in [0.25, 0.3) is 0 Å². The van der Waals surface area contributed by atoms with Crippen LogP contribution < -0.4 is 10.6 Å². The summed E-state index contributed by atoms with van der Waals surface area (Å²) in [5.74, 6) is 0. The highest BCUT2D eigenvalue weighted by Gasteiger charge is 2.01. The van der Waals surface area contributed by atoms with Crippen molar-refractivity contribution in [3.8, 4) is 0 Å². The largest absolute Gasteiger partial charge is 0.325 e. The molecule has 1 atom stereocenters. The Morgan fingerprint density at radius 3 is 2.31 bits per heavy atom. The molecule has 16 heavy (non-hydrogen) atoms. The maximum atomic E-state index is 3.53. The van der Waals surface area contributed by atoms with Crippen molar-refractivity contribution in [3.63, 3.8) is 0 Å². The Kier molecular flexibility index (Phi) is 5.11. The molecule has 1 aromatic carbocycles. The second-order valence-electron chi connectivity index (χ2n) is 3.26. The van der Waals surface area contributed by atoms with Crippen molar-refractivity contribution in [1.82, 2.24) is 4.34 Å². The van der Waals surface area contributed by atoms with Crippen molar-refractivity contribution in [2.24, 2.45) is 0 Å². The maximum Gasteiger partial charge on any atom is 0.0520 e. The molecular formula is C13H18NPS. The van der Waals surface area contributed by atoms with E-state index in [1.807, 2.05) is 0 Å². The van der Waals surface area contributed by atoms with Crippen LogP contribution in [-0.2, 0) is 0 Å². The summed E-state index contributed by atoms with van der Waals surface area (Å²) in [5, 5.41) is 3.90. The van der Waals surface area contributed by atoms with Gasteiger partial charge >= 0.3 is 0 Å². The van der Waals surface area contributed by atoms with Crippen LogP contribution in [0, 0.1) is 0 Å². The highest BCUT2D eigenvalue weighted by molar-refractivity contribution is 7.79. The zero-order chi connectivity index (χ0) is 12.1. The maximum absolute atomic E-state index is 3.53. The second kappa shape index (κ2) is 6.12. The number of nitrogens with zero attached hydrogens (tertiary/aromatic N) is 1. The van der Waals surface area contributed by atoms with Crippen LogP contribution >= 0.6 is 22.0 Å². The van der Waals surface area contributed by atoms with E-state index >= 15 is 0 Å². The second-order valence-corrected chi connectivity index (χ2v) is 3.78. The highest BCUT2D eigenvalue weighted by Crippen LogP contribution is 2.09. The number of hydrogen-bond acceptors (Lipinski definition) is 1. The quantitative estimate of drug-likeness (QED) is 0.542. The monoisotopic (exact) mass is 251 g/mol. The molecule has 0 radical (unpaired) electrons. The van der Waals surface area contributed by atoms with Crippen molar-refractivity contribution in [2.75, 3.05) is 6.26 Å². The molecule has 0 saturated carbocycles. The zero-order valence-electron chi connectivity index (χ0n) is 9.94.